The van der Waals surface area contributed by atoms with Gasteiger partial charge >= 0.3 is 0 Å². The molecule has 0 spiro atoms. The number of hydrogen-bond donors (Lipinski definition) is 0. The van der Waals surface area contributed by atoms with Gasteiger partial charge in [0.15, 0.2) is 0 Å². The van der Waals surface area contributed by atoms with E-state index in [9.17, 15) is 0 Å². The lowest BCUT2D eigenvalue weighted by molar-refractivity contribution is 0.0431. The highest BCUT2D eigenvalue weighted by atomic mass is 79.9. The molecule has 130 valence electrons. The first-order chi connectivity index (χ1) is 11.8. The normalized spacial score (nSPS) is 18.4. The molecule has 1 aliphatic rings. The Morgan fingerprint density at radius 3 is 2.16 bits per heavy atom. The van der Waals surface area contributed by atoms with Gasteiger partial charge in [-0.25, -0.2) is 9.99 Å². The lowest BCUT2D eigenvalue weighted by atomic mass is 10.1. The van der Waals surface area contributed by atoms with E-state index in [1.165, 1.54) is 5.56 Å². The first-order valence-corrected chi connectivity index (χ1v) is 8.70. The van der Waals surface area contributed by atoms with Crippen LogP contribution < -0.4 is 10.1 Å². The lowest BCUT2D eigenvalue weighted by Crippen LogP contribution is -2.45. The summed E-state index contributed by atoms with van der Waals surface area (Å²) in [6.45, 7) is 0. The number of hydrazine groups is 3. The molecule has 0 amide bonds. The van der Waals surface area contributed by atoms with Crippen molar-refractivity contribution in [3.8, 4) is 0 Å². The SMILES string of the molecule is Br.CN1C(c2ccccc2)N(c2nccs2)N(c2ccccc2)N1C. The summed E-state index contributed by atoms with van der Waals surface area (Å²) < 4.78 is 0. The molecule has 0 saturated carbocycles. The Bertz CT molecular complexity index is 732. The van der Waals surface area contributed by atoms with Crippen molar-refractivity contribution in [1.82, 2.24) is 15.1 Å². The smallest absolute Gasteiger partial charge is 0.207 e. The van der Waals surface area contributed by atoms with E-state index in [1.54, 1.807) is 11.3 Å². The van der Waals surface area contributed by atoms with Gasteiger partial charge in [-0.1, -0.05) is 48.5 Å². The van der Waals surface area contributed by atoms with Crippen LogP contribution in [0.25, 0.3) is 0 Å². The fourth-order valence-corrected chi connectivity index (χ4v) is 3.69. The van der Waals surface area contributed by atoms with Gasteiger partial charge in [0.1, 0.15) is 6.17 Å². The van der Waals surface area contributed by atoms with E-state index < -0.39 is 0 Å². The molecular formula is C18H20BrN5S. The number of para-hydroxylation sites is 1. The van der Waals surface area contributed by atoms with Gasteiger partial charge in [-0.15, -0.1) is 33.4 Å². The van der Waals surface area contributed by atoms with Crippen molar-refractivity contribution in [2.75, 3.05) is 24.2 Å². The summed E-state index contributed by atoms with van der Waals surface area (Å²) in [6.07, 6.45) is 1.89. The third-order valence-corrected chi connectivity index (χ3v) is 4.98. The quantitative estimate of drug-likeness (QED) is 0.630. The first kappa shape index (κ1) is 17.9. The highest BCUT2D eigenvalue weighted by Crippen LogP contribution is 2.40. The molecule has 4 rings (SSSR count). The number of benzene rings is 2. The van der Waals surface area contributed by atoms with E-state index in [0.29, 0.717) is 0 Å². The number of rotatable bonds is 3. The molecule has 1 aliphatic heterocycles. The summed E-state index contributed by atoms with van der Waals surface area (Å²) in [5, 5.41) is 11.7. The van der Waals surface area contributed by atoms with Crippen LogP contribution in [0.15, 0.2) is 72.2 Å². The lowest BCUT2D eigenvalue weighted by Gasteiger charge is -2.33. The van der Waals surface area contributed by atoms with Crippen molar-refractivity contribution in [3.05, 3.63) is 77.8 Å². The number of thiazole rings is 1. The summed E-state index contributed by atoms with van der Waals surface area (Å²) in [5.41, 5.74) is 2.32. The van der Waals surface area contributed by atoms with Crippen LogP contribution in [0.2, 0.25) is 0 Å². The maximum atomic E-state index is 4.57. The van der Waals surface area contributed by atoms with Crippen molar-refractivity contribution in [1.29, 1.82) is 0 Å². The van der Waals surface area contributed by atoms with E-state index in [-0.39, 0.29) is 23.1 Å². The summed E-state index contributed by atoms with van der Waals surface area (Å²) in [6, 6.07) is 20.9. The Balaban J connectivity index is 0.00000182. The average Bonchev–Trinajstić information content (AvgIpc) is 3.24. The summed E-state index contributed by atoms with van der Waals surface area (Å²) in [5.74, 6) is 0. The van der Waals surface area contributed by atoms with Crippen LogP contribution >= 0.6 is 28.3 Å². The predicted molar refractivity (Wildman–Crippen MR) is 109 cm³/mol. The minimum atomic E-state index is 0. The van der Waals surface area contributed by atoms with Crippen LogP contribution in [0.5, 0.6) is 0 Å². The van der Waals surface area contributed by atoms with E-state index >= 15 is 0 Å². The second-order valence-electron chi connectivity index (χ2n) is 5.63. The zero-order valence-corrected chi connectivity index (χ0v) is 16.6. The van der Waals surface area contributed by atoms with Crippen LogP contribution in [0.3, 0.4) is 0 Å². The van der Waals surface area contributed by atoms with E-state index in [2.05, 4.69) is 87.9 Å². The second-order valence-corrected chi connectivity index (χ2v) is 6.50. The van der Waals surface area contributed by atoms with E-state index in [1.807, 2.05) is 23.7 Å². The molecule has 2 aromatic carbocycles. The molecule has 1 atom stereocenters. The Morgan fingerprint density at radius 2 is 1.56 bits per heavy atom. The highest BCUT2D eigenvalue weighted by Gasteiger charge is 2.43. The highest BCUT2D eigenvalue weighted by molar-refractivity contribution is 8.93. The zero-order chi connectivity index (χ0) is 16.5. The average molecular weight is 418 g/mol. The van der Waals surface area contributed by atoms with Gasteiger partial charge < -0.3 is 0 Å². The molecule has 1 fully saturated rings. The van der Waals surface area contributed by atoms with Crippen LogP contribution in [-0.4, -0.2) is 29.2 Å². The van der Waals surface area contributed by atoms with Crippen molar-refractivity contribution >= 4 is 39.1 Å². The Hall–Kier alpha value is -1.93. The Morgan fingerprint density at radius 1 is 0.920 bits per heavy atom. The molecule has 0 bridgehead atoms. The molecule has 0 N–H and O–H groups in total. The third kappa shape index (κ3) is 3.16. The molecule has 0 radical (unpaired) electrons. The summed E-state index contributed by atoms with van der Waals surface area (Å²) >= 11 is 1.64. The van der Waals surface area contributed by atoms with Gasteiger partial charge in [0.05, 0.1) is 5.69 Å². The van der Waals surface area contributed by atoms with Crippen molar-refractivity contribution < 1.29 is 0 Å². The van der Waals surface area contributed by atoms with Crippen molar-refractivity contribution in [2.24, 2.45) is 0 Å². The summed E-state index contributed by atoms with van der Waals surface area (Å²) in [7, 11) is 4.16. The van der Waals surface area contributed by atoms with Crippen LogP contribution in [0, 0.1) is 0 Å². The molecular weight excluding hydrogens is 398 g/mol. The second kappa shape index (κ2) is 7.53. The molecule has 25 heavy (non-hydrogen) atoms. The molecule has 0 aliphatic carbocycles. The van der Waals surface area contributed by atoms with Gasteiger partial charge in [-0.3, -0.25) is 0 Å². The van der Waals surface area contributed by atoms with Gasteiger partial charge in [0.2, 0.25) is 5.13 Å². The fourth-order valence-electron chi connectivity index (χ4n) is 3.04. The number of aromatic nitrogens is 1. The van der Waals surface area contributed by atoms with Crippen molar-refractivity contribution in [2.45, 2.75) is 6.17 Å². The minimum Gasteiger partial charge on any atom is -0.227 e. The van der Waals surface area contributed by atoms with Crippen LogP contribution in [0.1, 0.15) is 11.7 Å². The van der Waals surface area contributed by atoms with Gasteiger partial charge in [0, 0.05) is 25.7 Å². The molecule has 1 unspecified atom stereocenters. The summed E-state index contributed by atoms with van der Waals surface area (Å²) in [4.78, 5) is 4.57. The molecule has 2 heterocycles. The topological polar surface area (TPSA) is 25.9 Å². The minimum absolute atomic E-state index is 0. The monoisotopic (exact) mass is 417 g/mol. The molecule has 1 saturated heterocycles. The largest absolute Gasteiger partial charge is 0.227 e. The number of anilines is 2. The zero-order valence-electron chi connectivity index (χ0n) is 14.1. The molecule has 7 heteroatoms. The van der Waals surface area contributed by atoms with Crippen LogP contribution in [-0.2, 0) is 0 Å². The molecule has 3 aromatic rings. The Kier molecular flexibility index (Phi) is 5.39. The number of hydrogen-bond acceptors (Lipinski definition) is 6. The first-order valence-electron chi connectivity index (χ1n) is 7.82. The predicted octanol–water partition coefficient (Wildman–Crippen LogP) is 4.36. The van der Waals surface area contributed by atoms with Gasteiger partial charge in [-0.05, 0) is 17.7 Å². The van der Waals surface area contributed by atoms with E-state index in [4.69, 9.17) is 0 Å². The van der Waals surface area contributed by atoms with E-state index in [0.717, 1.165) is 10.8 Å². The van der Waals surface area contributed by atoms with Gasteiger partial charge in [0.25, 0.3) is 0 Å². The number of nitrogens with zero attached hydrogens (tertiary/aromatic N) is 5. The number of halogens is 1. The van der Waals surface area contributed by atoms with Crippen LogP contribution in [0.4, 0.5) is 10.8 Å². The standard InChI is InChI=1S/C18H19N5S.BrH/c1-20-17(15-9-5-3-6-10-15)22(18-19-13-14-24-18)23(21(20)2)16-11-7-4-8-12-16;/h3-14,17H,1-2H3;1H. The van der Waals surface area contributed by atoms with Gasteiger partial charge in [-0.2, -0.15) is 10.1 Å². The molecule has 1 aromatic heterocycles. The maximum absolute atomic E-state index is 4.57. The molecule has 5 nitrogen and oxygen atoms in total. The fraction of sp³-hybridized carbons (Fsp3) is 0.167. The maximum Gasteiger partial charge on any atom is 0.207 e. The van der Waals surface area contributed by atoms with Crippen molar-refractivity contribution in [3.63, 3.8) is 0 Å². The third-order valence-electron chi connectivity index (χ3n) is 4.22. The Labute approximate surface area is 162 Å².